The molecule has 0 aromatic carbocycles. The van der Waals surface area contributed by atoms with Crippen LogP contribution in [0.3, 0.4) is 0 Å². The molecule has 0 fully saturated rings. The Bertz CT molecular complexity index is 1070. The minimum Gasteiger partial charge on any atom is -0.284 e. The van der Waals surface area contributed by atoms with Crippen LogP contribution in [0.2, 0.25) is 0 Å². The van der Waals surface area contributed by atoms with Crippen molar-refractivity contribution in [3.8, 4) is 0 Å². The minimum atomic E-state index is -1.76. The summed E-state index contributed by atoms with van der Waals surface area (Å²) in [7, 11) is 0. The van der Waals surface area contributed by atoms with Gasteiger partial charge in [0.05, 0.1) is 10.3 Å². The molecule has 0 spiro atoms. The minimum absolute atomic E-state index is 0.0541. The average molecular weight is 403 g/mol. The van der Waals surface area contributed by atoms with Crippen LogP contribution in [0.25, 0.3) is 10.2 Å². The van der Waals surface area contributed by atoms with Gasteiger partial charge in [0.1, 0.15) is 4.83 Å². The van der Waals surface area contributed by atoms with E-state index in [4.69, 9.17) is 0 Å². The zero-order valence-electron chi connectivity index (χ0n) is 14.2. The summed E-state index contributed by atoms with van der Waals surface area (Å²) in [6.07, 6.45) is 0. The maximum atomic E-state index is 14.0. The van der Waals surface area contributed by atoms with Crippen LogP contribution in [-0.2, 0) is 0 Å². The summed E-state index contributed by atoms with van der Waals surface area (Å²) in [4.78, 5) is 20.1. The van der Waals surface area contributed by atoms with Gasteiger partial charge < -0.3 is 0 Å². The van der Waals surface area contributed by atoms with Gasteiger partial charge in [-0.1, -0.05) is 0 Å². The second-order valence-corrected chi connectivity index (χ2v) is 8.06. The average Bonchev–Trinajstić information content (AvgIpc) is 2.84. The second kappa shape index (κ2) is 6.66. The number of nitrogens with zero attached hydrogens (tertiary/aromatic N) is 3. The van der Waals surface area contributed by atoms with Crippen molar-refractivity contribution in [2.45, 2.75) is 43.8 Å². The van der Waals surface area contributed by atoms with Gasteiger partial charge in [0, 0.05) is 10.9 Å². The van der Waals surface area contributed by atoms with Crippen LogP contribution < -0.4 is 5.56 Å². The molecular formula is C16H13F4N3OS2. The Morgan fingerprint density at radius 2 is 1.62 bits per heavy atom. The van der Waals surface area contributed by atoms with Gasteiger partial charge in [-0.15, -0.1) is 11.3 Å². The molecule has 0 atom stereocenters. The van der Waals surface area contributed by atoms with Crippen molar-refractivity contribution in [1.29, 1.82) is 0 Å². The second-order valence-electron chi connectivity index (χ2n) is 5.88. The largest absolute Gasteiger partial charge is 0.284 e. The van der Waals surface area contributed by atoms with Crippen molar-refractivity contribution < 1.29 is 17.6 Å². The molecule has 3 aromatic heterocycles. The fourth-order valence-corrected chi connectivity index (χ4v) is 4.60. The lowest BCUT2D eigenvalue weighted by atomic mass is 10.2. The summed E-state index contributed by atoms with van der Waals surface area (Å²) in [5, 5.41) is 0.375. The highest BCUT2D eigenvalue weighted by Crippen LogP contribution is 2.35. The van der Waals surface area contributed by atoms with Crippen molar-refractivity contribution in [3.63, 3.8) is 0 Å². The first kappa shape index (κ1) is 18.8. The number of rotatable bonds is 3. The van der Waals surface area contributed by atoms with Gasteiger partial charge in [-0.25, -0.2) is 13.8 Å². The fraction of sp³-hybridized carbons (Fsp3) is 0.312. The number of hydrogen-bond acceptors (Lipinski definition) is 5. The maximum absolute atomic E-state index is 14.0. The summed E-state index contributed by atoms with van der Waals surface area (Å²) >= 11 is 1.62. The van der Waals surface area contributed by atoms with E-state index in [0.29, 0.717) is 22.0 Å². The van der Waals surface area contributed by atoms with E-state index in [1.165, 1.54) is 15.9 Å². The lowest BCUT2D eigenvalue weighted by Gasteiger charge is -2.15. The van der Waals surface area contributed by atoms with Gasteiger partial charge in [0.15, 0.2) is 16.8 Å². The number of aryl methyl sites for hydroxylation is 2. The first-order chi connectivity index (χ1) is 12.1. The van der Waals surface area contributed by atoms with Gasteiger partial charge in [0.2, 0.25) is 0 Å². The van der Waals surface area contributed by atoms with Gasteiger partial charge in [-0.3, -0.25) is 9.36 Å². The molecule has 26 heavy (non-hydrogen) atoms. The highest BCUT2D eigenvalue weighted by atomic mass is 32.2. The Morgan fingerprint density at radius 1 is 1.04 bits per heavy atom. The zero-order valence-corrected chi connectivity index (χ0v) is 15.8. The van der Waals surface area contributed by atoms with Crippen molar-refractivity contribution in [3.05, 3.63) is 44.3 Å². The first-order valence-corrected chi connectivity index (χ1v) is 9.16. The van der Waals surface area contributed by atoms with Crippen LogP contribution in [0.1, 0.15) is 30.3 Å². The molecule has 0 unspecified atom stereocenters. The topological polar surface area (TPSA) is 47.8 Å². The van der Waals surface area contributed by atoms with Crippen LogP contribution in [0.15, 0.2) is 14.8 Å². The van der Waals surface area contributed by atoms with Crippen LogP contribution in [-0.4, -0.2) is 14.5 Å². The Kier molecular flexibility index (Phi) is 4.82. The van der Waals surface area contributed by atoms with E-state index >= 15 is 0 Å². The van der Waals surface area contributed by atoms with Crippen LogP contribution in [0.5, 0.6) is 0 Å². The quantitative estimate of drug-likeness (QED) is 0.359. The van der Waals surface area contributed by atoms with Crippen molar-refractivity contribution >= 4 is 33.3 Å². The SMILES string of the molecule is Cc1sc2nc(Sc3c(F)c(F)nc(F)c3F)n(C(C)C)c(=O)c2c1C. The number of pyridine rings is 1. The van der Waals surface area contributed by atoms with E-state index in [2.05, 4.69) is 9.97 Å². The number of aromatic nitrogens is 3. The van der Waals surface area contributed by atoms with E-state index in [-0.39, 0.29) is 16.8 Å². The van der Waals surface area contributed by atoms with E-state index in [0.717, 1.165) is 10.4 Å². The Hall–Kier alpha value is -1.94. The molecular weight excluding hydrogens is 390 g/mol. The Balaban J connectivity index is 2.30. The lowest BCUT2D eigenvalue weighted by molar-refractivity contribution is 0.383. The van der Waals surface area contributed by atoms with Crippen LogP contribution >= 0.6 is 23.1 Å². The summed E-state index contributed by atoms with van der Waals surface area (Å²) < 4.78 is 55.9. The number of halogens is 4. The molecule has 0 amide bonds. The summed E-state index contributed by atoms with van der Waals surface area (Å²) in [6.45, 7) is 7.03. The predicted octanol–water partition coefficient (Wildman–Crippen LogP) is 4.76. The molecule has 4 nitrogen and oxygen atoms in total. The molecule has 3 rings (SSSR count). The van der Waals surface area contributed by atoms with E-state index in [1.54, 1.807) is 20.8 Å². The zero-order chi connectivity index (χ0) is 19.3. The third kappa shape index (κ3) is 2.90. The molecule has 0 radical (unpaired) electrons. The molecule has 0 N–H and O–H groups in total. The smallest absolute Gasteiger partial charge is 0.263 e. The van der Waals surface area contributed by atoms with Gasteiger partial charge in [-0.05, 0) is 45.0 Å². The molecule has 0 aliphatic carbocycles. The van der Waals surface area contributed by atoms with Gasteiger partial charge >= 0.3 is 0 Å². The molecule has 0 bridgehead atoms. The number of thiophene rings is 1. The molecule has 10 heteroatoms. The van der Waals surface area contributed by atoms with Gasteiger partial charge in [0.25, 0.3) is 17.5 Å². The van der Waals surface area contributed by atoms with Gasteiger partial charge in [-0.2, -0.15) is 13.8 Å². The molecule has 0 saturated heterocycles. The third-order valence-corrected chi connectivity index (χ3v) is 6.00. The van der Waals surface area contributed by atoms with E-state index < -0.39 is 28.4 Å². The Morgan fingerprint density at radius 3 is 2.15 bits per heavy atom. The molecule has 0 saturated carbocycles. The van der Waals surface area contributed by atoms with E-state index in [9.17, 15) is 22.4 Å². The highest BCUT2D eigenvalue weighted by molar-refractivity contribution is 7.99. The van der Waals surface area contributed by atoms with Crippen molar-refractivity contribution in [2.75, 3.05) is 0 Å². The molecule has 0 aliphatic heterocycles. The van der Waals surface area contributed by atoms with Crippen LogP contribution in [0, 0.1) is 37.4 Å². The maximum Gasteiger partial charge on any atom is 0.263 e. The fourth-order valence-electron chi connectivity index (χ4n) is 2.46. The van der Waals surface area contributed by atoms with Crippen LogP contribution in [0.4, 0.5) is 17.6 Å². The van der Waals surface area contributed by atoms with E-state index in [1.807, 2.05) is 6.92 Å². The van der Waals surface area contributed by atoms with Crippen molar-refractivity contribution in [2.24, 2.45) is 0 Å². The molecule has 3 aromatic rings. The summed E-state index contributed by atoms with van der Waals surface area (Å²) in [5.41, 5.74) is 0.414. The number of hydrogen-bond donors (Lipinski definition) is 0. The monoisotopic (exact) mass is 403 g/mol. The Labute approximate surface area is 153 Å². The molecule has 0 aliphatic rings. The number of fused-ring (bicyclic) bond motifs is 1. The van der Waals surface area contributed by atoms with Crippen molar-refractivity contribution in [1.82, 2.24) is 14.5 Å². The normalized spacial score (nSPS) is 11.7. The molecule has 138 valence electrons. The molecule has 3 heterocycles. The third-order valence-electron chi connectivity index (χ3n) is 3.87. The predicted molar refractivity (Wildman–Crippen MR) is 91.9 cm³/mol. The first-order valence-electron chi connectivity index (χ1n) is 7.53. The summed E-state index contributed by atoms with van der Waals surface area (Å²) in [6, 6.07) is -0.385. The highest BCUT2D eigenvalue weighted by Gasteiger charge is 2.25. The lowest BCUT2D eigenvalue weighted by Crippen LogP contribution is -2.25. The standard InChI is InChI=1S/C16H13F4N3OS2/c1-5(2)23-15(24)8-6(3)7(4)25-14(8)22-16(23)26-11-9(17)12(19)21-13(20)10(11)18/h5H,1-4H3. The summed E-state index contributed by atoms with van der Waals surface area (Å²) in [5.74, 6) is -6.77.